The molecular formula is C2H4AgNO4-. The molecule has 0 saturated carbocycles. The van der Waals surface area contributed by atoms with Gasteiger partial charge in [-0.1, -0.05) is 0 Å². The topological polar surface area (TPSA) is 89.8 Å². The zero-order valence-electron chi connectivity index (χ0n) is 3.92. The Morgan fingerprint density at radius 1 is 1.75 bits per heavy atom. The van der Waals surface area contributed by atoms with Gasteiger partial charge in [-0.15, -0.1) is 5.34 Å². The summed E-state index contributed by atoms with van der Waals surface area (Å²) in [6.45, 7) is 1.08. The second-order valence-electron chi connectivity index (χ2n) is 0.594. The Morgan fingerprint density at radius 2 is 1.75 bits per heavy atom. The first-order valence-corrected chi connectivity index (χ1v) is 1.29. The van der Waals surface area contributed by atoms with Crippen LogP contribution in [-0.2, 0) is 27.2 Å². The van der Waals surface area contributed by atoms with E-state index in [4.69, 9.17) is 20.0 Å². The Hall–Kier alpha value is -0.390. The molecule has 1 radical (unpaired) electrons. The van der Waals surface area contributed by atoms with Gasteiger partial charge in [0, 0.05) is 29.3 Å². The summed E-state index contributed by atoms with van der Waals surface area (Å²) in [7, 11) is 0. The third-order valence-electron chi connectivity index (χ3n) is 0. The molecular weight excluding hydrogens is 210 g/mol. The van der Waals surface area contributed by atoms with Crippen LogP contribution in [-0.4, -0.2) is 11.1 Å². The Labute approximate surface area is 61.1 Å². The molecule has 0 aliphatic carbocycles. The van der Waals surface area contributed by atoms with Gasteiger partial charge in [0.25, 0.3) is 5.97 Å². The molecule has 0 aliphatic heterocycles. The standard InChI is InChI=1S/C2H4O2.Ag.HNO2/c1-2(3)4;;2-1-3/h1H3,(H,3,4);;(H,2,3)/p-1. The van der Waals surface area contributed by atoms with E-state index in [9.17, 15) is 0 Å². The summed E-state index contributed by atoms with van der Waals surface area (Å²) < 4.78 is 0. The molecule has 0 heterocycles. The van der Waals surface area contributed by atoms with Gasteiger partial charge in [0.05, 0.1) is 0 Å². The van der Waals surface area contributed by atoms with E-state index in [0.29, 0.717) is 0 Å². The molecule has 0 aromatic heterocycles. The Balaban J connectivity index is -0.0000000575. The van der Waals surface area contributed by atoms with Crippen molar-refractivity contribution in [1.82, 2.24) is 0 Å². The first-order valence-electron chi connectivity index (χ1n) is 1.29. The normalized spacial score (nSPS) is 4.62. The number of nitrogens with zero attached hydrogens (tertiary/aromatic N) is 1. The molecule has 0 amide bonds. The van der Waals surface area contributed by atoms with Crippen LogP contribution in [0.3, 0.4) is 0 Å². The van der Waals surface area contributed by atoms with Gasteiger partial charge >= 0.3 is 0 Å². The molecule has 0 aromatic carbocycles. The van der Waals surface area contributed by atoms with E-state index < -0.39 is 5.97 Å². The Kier molecular flexibility index (Phi) is 31.2. The molecule has 53 valence electrons. The van der Waals surface area contributed by atoms with E-state index in [1.165, 1.54) is 0 Å². The summed E-state index contributed by atoms with van der Waals surface area (Å²) >= 11 is 0. The van der Waals surface area contributed by atoms with E-state index in [0.717, 1.165) is 12.3 Å². The Morgan fingerprint density at radius 3 is 1.75 bits per heavy atom. The van der Waals surface area contributed by atoms with Gasteiger partial charge in [-0.05, 0) is 0 Å². The molecule has 6 heteroatoms. The fourth-order valence-corrected chi connectivity index (χ4v) is 0. The fourth-order valence-electron chi connectivity index (χ4n) is 0. The van der Waals surface area contributed by atoms with E-state index in [2.05, 4.69) is 0 Å². The van der Waals surface area contributed by atoms with Gasteiger partial charge in [-0.2, -0.15) is 0 Å². The van der Waals surface area contributed by atoms with Crippen molar-refractivity contribution in [1.29, 1.82) is 0 Å². The van der Waals surface area contributed by atoms with Crippen LogP contribution in [0, 0.1) is 10.1 Å². The van der Waals surface area contributed by atoms with Gasteiger partial charge in [-0.3, -0.25) is 4.79 Å². The van der Waals surface area contributed by atoms with Gasteiger partial charge in [0.2, 0.25) is 0 Å². The molecule has 0 spiro atoms. The largest absolute Gasteiger partial charge is 0.481 e. The molecule has 0 saturated heterocycles. The van der Waals surface area contributed by atoms with Gasteiger partial charge in [0.1, 0.15) is 0 Å². The van der Waals surface area contributed by atoms with Crippen molar-refractivity contribution in [3.05, 3.63) is 10.1 Å². The predicted molar refractivity (Wildman–Crippen MR) is 22.5 cm³/mol. The van der Waals surface area contributed by atoms with Crippen molar-refractivity contribution in [2.45, 2.75) is 6.92 Å². The van der Waals surface area contributed by atoms with Crippen LogP contribution in [0.5, 0.6) is 0 Å². The first-order chi connectivity index (χ1) is 3.15. The van der Waals surface area contributed by atoms with Crippen molar-refractivity contribution < 1.29 is 32.3 Å². The third-order valence-corrected chi connectivity index (χ3v) is 0. The summed E-state index contributed by atoms with van der Waals surface area (Å²) in [4.78, 5) is 17.0. The van der Waals surface area contributed by atoms with Gasteiger partial charge in [-0.25, -0.2) is 0 Å². The number of hydrogen-bond donors (Lipinski definition) is 1. The van der Waals surface area contributed by atoms with Crippen molar-refractivity contribution >= 4 is 5.97 Å². The van der Waals surface area contributed by atoms with Gasteiger partial charge < -0.3 is 15.2 Å². The second-order valence-corrected chi connectivity index (χ2v) is 0.594. The van der Waals surface area contributed by atoms with Crippen LogP contribution in [0.25, 0.3) is 0 Å². The molecule has 0 aliphatic rings. The summed E-state index contributed by atoms with van der Waals surface area (Å²) in [5.41, 5.74) is 0. The Bertz CT molecular complexity index is 61.1. The molecule has 0 bridgehead atoms. The minimum atomic E-state index is -0.833. The van der Waals surface area contributed by atoms with E-state index >= 15 is 0 Å². The molecule has 1 N–H and O–H groups in total. The second kappa shape index (κ2) is 16.0. The smallest absolute Gasteiger partial charge is 0.300 e. The first kappa shape index (κ1) is 15.6. The van der Waals surface area contributed by atoms with E-state index in [1.807, 2.05) is 0 Å². The van der Waals surface area contributed by atoms with E-state index in [-0.39, 0.29) is 22.4 Å². The van der Waals surface area contributed by atoms with E-state index in [1.54, 1.807) is 0 Å². The monoisotopic (exact) mass is 213 g/mol. The van der Waals surface area contributed by atoms with Crippen molar-refractivity contribution in [3.63, 3.8) is 0 Å². The van der Waals surface area contributed by atoms with Crippen LogP contribution >= 0.6 is 0 Å². The minimum Gasteiger partial charge on any atom is -0.481 e. The number of carboxylic acids is 1. The molecule has 0 unspecified atom stereocenters. The van der Waals surface area contributed by atoms with Crippen LogP contribution in [0.2, 0.25) is 0 Å². The van der Waals surface area contributed by atoms with Gasteiger partial charge in [0.15, 0.2) is 0 Å². The number of aliphatic carboxylic acids is 1. The van der Waals surface area contributed by atoms with Crippen molar-refractivity contribution in [3.8, 4) is 0 Å². The third kappa shape index (κ3) is 785. The maximum Gasteiger partial charge on any atom is 0.300 e. The predicted octanol–water partition coefficient (Wildman–Crippen LogP) is 0.339. The molecule has 0 rings (SSSR count). The zero-order chi connectivity index (χ0) is 6.28. The maximum absolute atomic E-state index is 9.00. The maximum atomic E-state index is 9.00. The van der Waals surface area contributed by atoms with Crippen LogP contribution < -0.4 is 0 Å². The zero-order valence-corrected chi connectivity index (χ0v) is 5.40. The molecule has 0 aromatic rings. The molecule has 8 heavy (non-hydrogen) atoms. The summed E-state index contributed by atoms with van der Waals surface area (Å²) in [5.74, 6) is -0.833. The summed E-state index contributed by atoms with van der Waals surface area (Å²) in [6, 6.07) is 0. The number of rotatable bonds is 0. The average molecular weight is 214 g/mol. The molecule has 0 atom stereocenters. The number of hydrogen-bond acceptors (Lipinski definition) is 4. The average Bonchev–Trinajstić information content (AvgIpc) is 1.33. The number of carboxylic acid groups (broad SMARTS) is 1. The van der Waals surface area contributed by atoms with Crippen LogP contribution in [0.4, 0.5) is 0 Å². The summed E-state index contributed by atoms with van der Waals surface area (Å²) in [6.07, 6.45) is 0. The fraction of sp³-hybridized carbons (Fsp3) is 0.500. The molecule has 5 nitrogen and oxygen atoms in total. The molecule has 0 fully saturated rings. The number of carbonyl (C=O) groups is 1. The minimum absolute atomic E-state index is 0. The summed E-state index contributed by atoms with van der Waals surface area (Å²) in [5, 5.41) is 16.4. The SMILES string of the molecule is CC(=O)O.O=N[O-].[Ag]. The van der Waals surface area contributed by atoms with Crippen LogP contribution in [0.1, 0.15) is 6.92 Å². The van der Waals surface area contributed by atoms with Crippen LogP contribution in [0.15, 0.2) is 5.34 Å². The van der Waals surface area contributed by atoms with Crippen molar-refractivity contribution in [2.24, 2.45) is 5.34 Å². The van der Waals surface area contributed by atoms with Crippen molar-refractivity contribution in [2.75, 3.05) is 0 Å². The quantitative estimate of drug-likeness (QED) is 0.357.